The largest absolute Gasteiger partial charge is 0.365 e. The number of aromatic nitrogens is 4. The van der Waals surface area contributed by atoms with Gasteiger partial charge in [0.25, 0.3) is 5.91 Å². The Bertz CT molecular complexity index is 1090. The summed E-state index contributed by atoms with van der Waals surface area (Å²) in [5.41, 5.74) is 2.66. The van der Waals surface area contributed by atoms with Gasteiger partial charge in [-0.05, 0) is 44.9 Å². The van der Waals surface area contributed by atoms with E-state index in [1.807, 2.05) is 36.1 Å². The number of piperidine rings is 1. The molecule has 2 atom stereocenters. The van der Waals surface area contributed by atoms with E-state index in [-0.39, 0.29) is 18.0 Å². The predicted molar refractivity (Wildman–Crippen MR) is 112 cm³/mol. The highest BCUT2D eigenvalue weighted by Gasteiger charge is 2.31. The molecular weight excluding hydrogens is 378 g/mol. The summed E-state index contributed by atoms with van der Waals surface area (Å²) in [6.07, 6.45) is 6.62. The van der Waals surface area contributed by atoms with Crippen LogP contribution >= 0.6 is 0 Å². The second-order valence-electron chi connectivity index (χ2n) is 7.50. The number of hydrogen-bond donors (Lipinski definition) is 1. The third-order valence-corrected chi connectivity index (χ3v) is 5.58. The molecule has 1 aliphatic rings. The molecule has 0 spiro atoms. The Morgan fingerprint density at radius 1 is 1.17 bits per heavy atom. The van der Waals surface area contributed by atoms with E-state index in [4.69, 9.17) is 0 Å². The standard InChI is InChI=1S/C22H23N7O/c1-15-7-8-18(27-21-16(2)17(13-23)9-10-24-21)14-28(15)22(30)19-5-3-4-6-20(19)29-25-11-12-26-29/h3-6,9-12,15,18H,7-8,14H2,1-2H3,(H,24,27). The van der Waals surface area contributed by atoms with Gasteiger partial charge in [0.2, 0.25) is 0 Å². The zero-order valence-electron chi connectivity index (χ0n) is 17.0. The maximum absolute atomic E-state index is 13.5. The molecule has 2 aromatic heterocycles. The molecule has 8 heteroatoms. The van der Waals surface area contributed by atoms with Crippen molar-refractivity contribution < 1.29 is 4.79 Å². The normalized spacial score (nSPS) is 18.6. The molecule has 0 saturated carbocycles. The Kier molecular flexibility index (Phi) is 5.44. The van der Waals surface area contributed by atoms with Crippen molar-refractivity contribution in [2.24, 2.45) is 0 Å². The smallest absolute Gasteiger partial charge is 0.256 e. The molecule has 152 valence electrons. The van der Waals surface area contributed by atoms with Crippen LogP contribution < -0.4 is 5.32 Å². The van der Waals surface area contributed by atoms with E-state index in [1.165, 1.54) is 4.80 Å². The molecule has 3 heterocycles. The van der Waals surface area contributed by atoms with E-state index in [9.17, 15) is 10.1 Å². The monoisotopic (exact) mass is 401 g/mol. The van der Waals surface area contributed by atoms with Crippen molar-refractivity contribution in [2.75, 3.05) is 11.9 Å². The maximum atomic E-state index is 13.5. The van der Waals surface area contributed by atoms with Crippen LogP contribution in [0.25, 0.3) is 5.69 Å². The number of nitriles is 1. The van der Waals surface area contributed by atoms with Crippen molar-refractivity contribution in [2.45, 2.75) is 38.8 Å². The molecule has 4 rings (SSSR count). The molecule has 0 radical (unpaired) electrons. The molecule has 1 fully saturated rings. The summed E-state index contributed by atoms with van der Waals surface area (Å²) in [5.74, 6) is 0.652. The van der Waals surface area contributed by atoms with Crippen LogP contribution in [0.1, 0.15) is 41.3 Å². The molecule has 1 amide bonds. The van der Waals surface area contributed by atoms with E-state index in [1.54, 1.807) is 24.7 Å². The fourth-order valence-electron chi connectivity index (χ4n) is 3.83. The number of rotatable bonds is 4. The molecule has 1 N–H and O–H groups in total. The molecular formula is C22H23N7O. The third kappa shape index (κ3) is 3.74. The zero-order chi connectivity index (χ0) is 21.1. The number of nitrogens with one attached hydrogen (secondary N) is 1. The van der Waals surface area contributed by atoms with Crippen molar-refractivity contribution >= 4 is 11.7 Å². The van der Waals surface area contributed by atoms with Crippen LogP contribution in [0.5, 0.6) is 0 Å². The van der Waals surface area contributed by atoms with Gasteiger partial charge < -0.3 is 10.2 Å². The first-order valence-corrected chi connectivity index (χ1v) is 9.97. The Hall–Kier alpha value is -3.73. The van der Waals surface area contributed by atoms with Gasteiger partial charge in [0.1, 0.15) is 5.82 Å². The molecule has 2 unspecified atom stereocenters. The number of carbonyl (C=O) groups excluding carboxylic acids is 1. The van der Waals surface area contributed by atoms with Crippen molar-refractivity contribution in [3.63, 3.8) is 0 Å². The Morgan fingerprint density at radius 3 is 2.70 bits per heavy atom. The molecule has 0 bridgehead atoms. The molecule has 1 saturated heterocycles. The number of carbonyl (C=O) groups is 1. The van der Waals surface area contributed by atoms with Gasteiger partial charge >= 0.3 is 0 Å². The van der Waals surface area contributed by atoms with Crippen LogP contribution in [-0.2, 0) is 0 Å². The number of benzene rings is 1. The van der Waals surface area contributed by atoms with Gasteiger partial charge in [0, 0.05) is 30.4 Å². The number of para-hydroxylation sites is 1. The maximum Gasteiger partial charge on any atom is 0.256 e. The average Bonchev–Trinajstić information content (AvgIpc) is 3.31. The Labute approximate surface area is 175 Å². The average molecular weight is 401 g/mol. The van der Waals surface area contributed by atoms with Crippen LogP contribution in [0.2, 0.25) is 0 Å². The van der Waals surface area contributed by atoms with Crippen molar-refractivity contribution in [3.05, 3.63) is 65.6 Å². The van der Waals surface area contributed by atoms with Gasteiger partial charge in [-0.3, -0.25) is 4.79 Å². The lowest BCUT2D eigenvalue weighted by Crippen LogP contribution is -2.50. The fraction of sp³-hybridized carbons (Fsp3) is 0.318. The van der Waals surface area contributed by atoms with E-state index in [0.717, 1.165) is 18.4 Å². The summed E-state index contributed by atoms with van der Waals surface area (Å²) in [4.78, 5) is 21.2. The molecule has 1 aliphatic heterocycles. The van der Waals surface area contributed by atoms with Crippen LogP contribution in [-0.4, -0.2) is 49.4 Å². The summed E-state index contributed by atoms with van der Waals surface area (Å²) in [7, 11) is 0. The number of nitrogens with zero attached hydrogens (tertiary/aromatic N) is 6. The van der Waals surface area contributed by atoms with Gasteiger partial charge in [-0.2, -0.15) is 20.3 Å². The van der Waals surface area contributed by atoms with Gasteiger partial charge in [0.15, 0.2) is 0 Å². The van der Waals surface area contributed by atoms with Crippen LogP contribution in [0.4, 0.5) is 5.82 Å². The molecule has 3 aromatic rings. The quantitative estimate of drug-likeness (QED) is 0.721. The topological polar surface area (TPSA) is 99.7 Å². The molecule has 1 aromatic carbocycles. The zero-order valence-corrected chi connectivity index (χ0v) is 17.0. The number of pyridine rings is 1. The van der Waals surface area contributed by atoms with Crippen LogP contribution in [0, 0.1) is 18.3 Å². The lowest BCUT2D eigenvalue weighted by molar-refractivity contribution is 0.0621. The van der Waals surface area contributed by atoms with E-state index < -0.39 is 0 Å². The highest BCUT2D eigenvalue weighted by atomic mass is 16.2. The number of anilines is 1. The molecule has 8 nitrogen and oxygen atoms in total. The second-order valence-corrected chi connectivity index (χ2v) is 7.50. The first-order chi connectivity index (χ1) is 14.6. The number of likely N-dealkylation sites (tertiary alicyclic amines) is 1. The Balaban J connectivity index is 1.57. The van der Waals surface area contributed by atoms with Crippen LogP contribution in [0.15, 0.2) is 48.9 Å². The van der Waals surface area contributed by atoms with E-state index in [0.29, 0.717) is 29.2 Å². The first-order valence-electron chi connectivity index (χ1n) is 9.97. The molecule has 0 aliphatic carbocycles. The van der Waals surface area contributed by atoms with Gasteiger partial charge in [-0.25, -0.2) is 4.98 Å². The summed E-state index contributed by atoms with van der Waals surface area (Å²) in [5, 5.41) is 21.1. The summed E-state index contributed by atoms with van der Waals surface area (Å²) >= 11 is 0. The predicted octanol–water partition coefficient (Wildman–Crippen LogP) is 2.95. The number of hydrogen-bond acceptors (Lipinski definition) is 6. The summed E-state index contributed by atoms with van der Waals surface area (Å²) < 4.78 is 0. The highest BCUT2D eigenvalue weighted by molar-refractivity contribution is 5.98. The minimum atomic E-state index is -0.0441. The van der Waals surface area contributed by atoms with Gasteiger partial charge in [0.05, 0.1) is 35.3 Å². The van der Waals surface area contributed by atoms with E-state index in [2.05, 4.69) is 33.5 Å². The van der Waals surface area contributed by atoms with Crippen molar-refractivity contribution in [1.29, 1.82) is 5.26 Å². The fourth-order valence-corrected chi connectivity index (χ4v) is 3.83. The number of amides is 1. The Morgan fingerprint density at radius 2 is 1.93 bits per heavy atom. The lowest BCUT2D eigenvalue weighted by atomic mass is 9.97. The van der Waals surface area contributed by atoms with Crippen molar-refractivity contribution in [1.82, 2.24) is 24.9 Å². The van der Waals surface area contributed by atoms with E-state index >= 15 is 0 Å². The van der Waals surface area contributed by atoms with Gasteiger partial charge in [-0.15, -0.1) is 0 Å². The second kappa shape index (κ2) is 8.33. The minimum absolute atomic E-state index is 0.0441. The van der Waals surface area contributed by atoms with Gasteiger partial charge in [-0.1, -0.05) is 12.1 Å². The lowest BCUT2D eigenvalue weighted by Gasteiger charge is -2.39. The first kappa shape index (κ1) is 19.6. The summed E-state index contributed by atoms with van der Waals surface area (Å²) in [6, 6.07) is 11.5. The third-order valence-electron chi connectivity index (χ3n) is 5.58. The highest BCUT2D eigenvalue weighted by Crippen LogP contribution is 2.25. The summed E-state index contributed by atoms with van der Waals surface area (Å²) in [6.45, 7) is 4.51. The SMILES string of the molecule is Cc1c(C#N)ccnc1NC1CCC(C)N(C(=O)c2ccccc2-n2nccn2)C1. The minimum Gasteiger partial charge on any atom is -0.365 e. The molecule has 30 heavy (non-hydrogen) atoms. The van der Waals surface area contributed by atoms with Crippen molar-refractivity contribution in [3.8, 4) is 11.8 Å². The van der Waals surface area contributed by atoms with Crippen LogP contribution in [0.3, 0.4) is 0 Å².